The Bertz CT molecular complexity index is 186. The molecule has 2 rings (SSSR count). The Labute approximate surface area is 86.0 Å². The first-order chi connectivity index (χ1) is 6.79. The largest absolute Gasteiger partial charge is 0.393 e. The number of rotatable bonds is 2. The van der Waals surface area contributed by atoms with Crippen LogP contribution in [0.4, 0.5) is 0 Å². The molecule has 0 amide bonds. The van der Waals surface area contributed by atoms with E-state index in [1.807, 2.05) is 0 Å². The average Bonchev–Trinajstić information content (AvgIpc) is 2.66. The maximum absolute atomic E-state index is 9.61. The molecule has 3 nitrogen and oxygen atoms in total. The van der Waals surface area contributed by atoms with E-state index in [2.05, 4.69) is 4.90 Å². The Hall–Kier alpha value is -0.120. The second kappa shape index (κ2) is 4.60. The zero-order valence-electron chi connectivity index (χ0n) is 8.98. The molecule has 0 bridgehead atoms. The molecule has 1 heterocycles. The number of nitrogens with zero attached hydrogens (tertiary/aromatic N) is 1. The number of hydrogen-bond donors (Lipinski definition) is 1. The average molecular weight is 199 g/mol. The summed E-state index contributed by atoms with van der Waals surface area (Å²) in [6, 6.07) is 0.610. The first-order valence-corrected chi connectivity index (χ1v) is 5.74. The van der Waals surface area contributed by atoms with Crippen LogP contribution >= 0.6 is 0 Å². The molecule has 3 unspecified atom stereocenters. The van der Waals surface area contributed by atoms with E-state index in [0.29, 0.717) is 12.1 Å². The van der Waals surface area contributed by atoms with Crippen LogP contribution in [-0.2, 0) is 4.74 Å². The minimum Gasteiger partial charge on any atom is -0.393 e. The lowest BCUT2D eigenvalue weighted by atomic mass is 9.92. The van der Waals surface area contributed by atoms with Gasteiger partial charge in [-0.1, -0.05) is 0 Å². The molecule has 2 fully saturated rings. The molecule has 3 heteroatoms. The second-order valence-corrected chi connectivity index (χ2v) is 4.62. The van der Waals surface area contributed by atoms with Crippen molar-refractivity contribution in [1.29, 1.82) is 0 Å². The van der Waals surface area contributed by atoms with E-state index in [1.54, 1.807) is 7.11 Å². The zero-order chi connectivity index (χ0) is 9.97. The summed E-state index contributed by atoms with van der Waals surface area (Å²) in [4.78, 5) is 2.50. The Kier molecular flexibility index (Phi) is 3.42. The van der Waals surface area contributed by atoms with E-state index in [4.69, 9.17) is 4.74 Å². The molecule has 1 saturated heterocycles. The van der Waals surface area contributed by atoms with Crippen molar-refractivity contribution in [2.24, 2.45) is 0 Å². The molecule has 1 aliphatic carbocycles. The van der Waals surface area contributed by atoms with Gasteiger partial charge in [0.1, 0.15) is 0 Å². The quantitative estimate of drug-likeness (QED) is 0.720. The van der Waals surface area contributed by atoms with Gasteiger partial charge in [0.2, 0.25) is 0 Å². The monoisotopic (exact) mass is 199 g/mol. The highest BCUT2D eigenvalue weighted by Gasteiger charge is 2.31. The zero-order valence-corrected chi connectivity index (χ0v) is 8.98. The first-order valence-electron chi connectivity index (χ1n) is 5.74. The van der Waals surface area contributed by atoms with Gasteiger partial charge in [0.25, 0.3) is 0 Å². The predicted molar refractivity (Wildman–Crippen MR) is 55.2 cm³/mol. The van der Waals surface area contributed by atoms with Crippen LogP contribution in [0.5, 0.6) is 0 Å². The lowest BCUT2D eigenvalue weighted by Gasteiger charge is -2.33. The fraction of sp³-hybridized carbons (Fsp3) is 1.00. The SMILES string of the molecule is COC1CCN(C2CCCC(O)C2)C1. The smallest absolute Gasteiger partial charge is 0.0710 e. The van der Waals surface area contributed by atoms with Crippen molar-refractivity contribution in [2.45, 2.75) is 50.4 Å². The third-order valence-electron chi connectivity index (χ3n) is 3.65. The van der Waals surface area contributed by atoms with E-state index < -0.39 is 0 Å². The molecule has 1 aliphatic heterocycles. The number of aliphatic hydroxyl groups is 1. The Morgan fingerprint density at radius 1 is 1.29 bits per heavy atom. The van der Waals surface area contributed by atoms with Crippen molar-refractivity contribution in [3.05, 3.63) is 0 Å². The van der Waals surface area contributed by atoms with Crippen molar-refractivity contribution >= 4 is 0 Å². The van der Waals surface area contributed by atoms with Gasteiger partial charge >= 0.3 is 0 Å². The van der Waals surface area contributed by atoms with Gasteiger partial charge in [-0.2, -0.15) is 0 Å². The van der Waals surface area contributed by atoms with Crippen LogP contribution in [0.3, 0.4) is 0 Å². The maximum atomic E-state index is 9.61. The number of hydrogen-bond acceptors (Lipinski definition) is 3. The van der Waals surface area contributed by atoms with Crippen molar-refractivity contribution in [3.8, 4) is 0 Å². The predicted octanol–water partition coefficient (Wildman–Crippen LogP) is 1.01. The molecular formula is C11H21NO2. The standard InChI is InChI=1S/C11H21NO2/c1-14-11-5-6-12(8-11)9-3-2-4-10(13)7-9/h9-11,13H,2-8H2,1H3. The summed E-state index contributed by atoms with van der Waals surface area (Å²) in [5.41, 5.74) is 0. The maximum Gasteiger partial charge on any atom is 0.0710 e. The second-order valence-electron chi connectivity index (χ2n) is 4.62. The lowest BCUT2D eigenvalue weighted by Crippen LogP contribution is -2.39. The molecule has 14 heavy (non-hydrogen) atoms. The number of likely N-dealkylation sites (tertiary alicyclic amines) is 1. The number of methoxy groups -OCH3 is 1. The van der Waals surface area contributed by atoms with Gasteiger partial charge in [-0.3, -0.25) is 4.90 Å². The highest BCUT2D eigenvalue weighted by atomic mass is 16.5. The minimum atomic E-state index is -0.0599. The van der Waals surface area contributed by atoms with Crippen molar-refractivity contribution in [2.75, 3.05) is 20.2 Å². The van der Waals surface area contributed by atoms with E-state index in [9.17, 15) is 5.11 Å². The van der Waals surface area contributed by atoms with Crippen LogP contribution in [0.25, 0.3) is 0 Å². The molecule has 0 aromatic rings. The van der Waals surface area contributed by atoms with Crippen LogP contribution in [0.15, 0.2) is 0 Å². The molecule has 0 aromatic carbocycles. The molecule has 1 N–H and O–H groups in total. The van der Waals surface area contributed by atoms with Crippen LogP contribution in [0, 0.1) is 0 Å². The summed E-state index contributed by atoms with van der Waals surface area (Å²) in [6.07, 6.45) is 5.93. The summed E-state index contributed by atoms with van der Waals surface area (Å²) in [6.45, 7) is 2.21. The van der Waals surface area contributed by atoms with Crippen LogP contribution in [0.2, 0.25) is 0 Å². The Morgan fingerprint density at radius 2 is 2.14 bits per heavy atom. The summed E-state index contributed by atoms with van der Waals surface area (Å²) < 4.78 is 5.35. The summed E-state index contributed by atoms with van der Waals surface area (Å²) >= 11 is 0. The summed E-state index contributed by atoms with van der Waals surface area (Å²) in [5.74, 6) is 0. The van der Waals surface area contributed by atoms with Crippen LogP contribution in [0.1, 0.15) is 32.1 Å². The van der Waals surface area contributed by atoms with E-state index in [-0.39, 0.29) is 6.10 Å². The molecule has 3 atom stereocenters. The molecule has 2 aliphatic rings. The van der Waals surface area contributed by atoms with E-state index in [0.717, 1.165) is 32.4 Å². The van der Waals surface area contributed by atoms with Crippen LogP contribution in [-0.4, -0.2) is 48.5 Å². The fourth-order valence-electron chi connectivity index (χ4n) is 2.75. The third kappa shape index (κ3) is 2.27. The van der Waals surface area contributed by atoms with Gasteiger partial charge in [0.05, 0.1) is 12.2 Å². The molecule has 0 aromatic heterocycles. The summed E-state index contributed by atoms with van der Waals surface area (Å²) in [7, 11) is 1.80. The number of ether oxygens (including phenoxy) is 1. The summed E-state index contributed by atoms with van der Waals surface area (Å²) in [5, 5.41) is 9.61. The number of aliphatic hydroxyl groups excluding tert-OH is 1. The Balaban J connectivity index is 1.83. The van der Waals surface area contributed by atoms with Crippen molar-refractivity contribution < 1.29 is 9.84 Å². The van der Waals surface area contributed by atoms with Gasteiger partial charge in [-0.15, -0.1) is 0 Å². The van der Waals surface area contributed by atoms with Crippen LogP contribution < -0.4 is 0 Å². The van der Waals surface area contributed by atoms with E-state index in [1.165, 1.54) is 12.8 Å². The van der Waals surface area contributed by atoms with Gasteiger partial charge in [-0.05, 0) is 32.1 Å². The molecule has 82 valence electrons. The first kappa shape index (κ1) is 10.4. The Morgan fingerprint density at radius 3 is 2.79 bits per heavy atom. The minimum absolute atomic E-state index is 0.0599. The molecule has 0 radical (unpaired) electrons. The highest BCUT2D eigenvalue weighted by molar-refractivity contribution is 4.85. The van der Waals surface area contributed by atoms with Crippen molar-refractivity contribution in [3.63, 3.8) is 0 Å². The fourth-order valence-corrected chi connectivity index (χ4v) is 2.75. The molecule has 1 saturated carbocycles. The van der Waals surface area contributed by atoms with Crippen molar-refractivity contribution in [1.82, 2.24) is 4.90 Å². The van der Waals surface area contributed by atoms with Gasteiger partial charge in [0, 0.05) is 26.2 Å². The topological polar surface area (TPSA) is 32.7 Å². The van der Waals surface area contributed by atoms with E-state index >= 15 is 0 Å². The van der Waals surface area contributed by atoms with Gasteiger partial charge in [0.15, 0.2) is 0 Å². The van der Waals surface area contributed by atoms with Gasteiger partial charge in [-0.25, -0.2) is 0 Å². The third-order valence-corrected chi connectivity index (χ3v) is 3.65. The molecule has 0 spiro atoms. The van der Waals surface area contributed by atoms with Gasteiger partial charge < -0.3 is 9.84 Å². The lowest BCUT2D eigenvalue weighted by molar-refractivity contribution is 0.0576. The highest BCUT2D eigenvalue weighted by Crippen LogP contribution is 2.26. The normalized spacial score (nSPS) is 40.3. The molecular weight excluding hydrogens is 178 g/mol.